The minimum Gasteiger partial charge on any atom is -0.377 e. The van der Waals surface area contributed by atoms with Gasteiger partial charge in [-0.1, -0.05) is 6.07 Å². The Morgan fingerprint density at radius 3 is 2.96 bits per heavy atom. The lowest BCUT2D eigenvalue weighted by Gasteiger charge is -2.28. The molecule has 0 radical (unpaired) electrons. The first-order valence-corrected chi connectivity index (χ1v) is 11.4. The SMILES string of the molecule is C[C@@]1(NC(=O)CN(Cc2cccs2)C[C@@H]2CCCO2)CCS(=O)(=O)C1. The van der Waals surface area contributed by atoms with Crippen molar-refractivity contribution in [1.29, 1.82) is 0 Å². The number of carbonyl (C=O) groups excluding carboxylic acids is 1. The van der Waals surface area contributed by atoms with E-state index in [0.717, 1.165) is 26.0 Å². The Kier molecular flexibility index (Phi) is 5.82. The number of sulfone groups is 1. The lowest BCUT2D eigenvalue weighted by Crippen LogP contribution is -2.50. The molecule has 0 bridgehead atoms. The van der Waals surface area contributed by atoms with Crippen LogP contribution in [0.5, 0.6) is 0 Å². The molecule has 6 nitrogen and oxygen atoms in total. The normalized spacial score (nSPS) is 28.5. The molecule has 0 unspecified atom stereocenters. The lowest BCUT2D eigenvalue weighted by atomic mass is 10.0. The van der Waals surface area contributed by atoms with Crippen molar-refractivity contribution in [3.8, 4) is 0 Å². The van der Waals surface area contributed by atoms with Crippen LogP contribution in [0.1, 0.15) is 31.1 Å². The van der Waals surface area contributed by atoms with E-state index in [-0.39, 0.29) is 30.1 Å². The van der Waals surface area contributed by atoms with Gasteiger partial charge in [0.2, 0.25) is 5.91 Å². The molecule has 2 aliphatic rings. The minimum absolute atomic E-state index is 0.0302. The molecule has 3 rings (SSSR count). The van der Waals surface area contributed by atoms with Gasteiger partial charge in [-0.05, 0) is 37.6 Å². The Hall–Kier alpha value is -0.960. The number of ether oxygens (including phenoxy) is 1. The number of rotatable bonds is 7. The van der Waals surface area contributed by atoms with E-state index in [0.29, 0.717) is 13.0 Å². The van der Waals surface area contributed by atoms with E-state index < -0.39 is 15.4 Å². The Labute approximate surface area is 153 Å². The molecule has 0 aromatic carbocycles. The van der Waals surface area contributed by atoms with Crippen molar-refractivity contribution in [3.05, 3.63) is 22.4 Å². The molecular weight excluding hydrogens is 360 g/mol. The molecule has 25 heavy (non-hydrogen) atoms. The summed E-state index contributed by atoms with van der Waals surface area (Å²) in [5, 5.41) is 4.98. The maximum absolute atomic E-state index is 12.5. The van der Waals surface area contributed by atoms with Crippen LogP contribution in [0.15, 0.2) is 17.5 Å². The predicted molar refractivity (Wildman–Crippen MR) is 98.4 cm³/mol. The van der Waals surface area contributed by atoms with Gasteiger partial charge in [0.15, 0.2) is 9.84 Å². The number of hydrogen-bond donors (Lipinski definition) is 1. The molecule has 1 N–H and O–H groups in total. The maximum atomic E-state index is 12.5. The van der Waals surface area contributed by atoms with Crippen molar-refractivity contribution in [2.24, 2.45) is 0 Å². The second-order valence-electron chi connectivity index (χ2n) is 7.33. The van der Waals surface area contributed by atoms with E-state index in [9.17, 15) is 13.2 Å². The number of nitrogens with one attached hydrogen (secondary N) is 1. The summed E-state index contributed by atoms with van der Waals surface area (Å²) in [6.45, 7) is 4.30. The van der Waals surface area contributed by atoms with Crippen LogP contribution in [0.25, 0.3) is 0 Å². The number of hydrogen-bond acceptors (Lipinski definition) is 6. The van der Waals surface area contributed by atoms with E-state index >= 15 is 0 Å². The van der Waals surface area contributed by atoms with Crippen LogP contribution in [0.4, 0.5) is 0 Å². The monoisotopic (exact) mass is 386 g/mol. The molecule has 0 spiro atoms. The van der Waals surface area contributed by atoms with Gasteiger partial charge in [0, 0.05) is 24.6 Å². The number of nitrogens with zero attached hydrogens (tertiary/aromatic N) is 1. The predicted octanol–water partition coefficient (Wildman–Crippen LogP) is 1.42. The van der Waals surface area contributed by atoms with Gasteiger partial charge in [0.05, 0.1) is 29.7 Å². The molecule has 0 aliphatic carbocycles. The second kappa shape index (κ2) is 7.73. The Morgan fingerprint density at radius 2 is 2.36 bits per heavy atom. The fourth-order valence-electron chi connectivity index (χ4n) is 3.57. The first-order valence-electron chi connectivity index (χ1n) is 8.71. The highest BCUT2D eigenvalue weighted by Crippen LogP contribution is 2.23. The summed E-state index contributed by atoms with van der Waals surface area (Å²) in [5.41, 5.74) is -0.644. The van der Waals surface area contributed by atoms with Crippen molar-refractivity contribution >= 4 is 27.1 Å². The molecule has 2 fully saturated rings. The van der Waals surface area contributed by atoms with E-state index in [2.05, 4.69) is 16.3 Å². The molecule has 0 saturated carbocycles. The van der Waals surface area contributed by atoms with Gasteiger partial charge < -0.3 is 10.1 Å². The highest BCUT2D eigenvalue weighted by atomic mass is 32.2. The van der Waals surface area contributed by atoms with Gasteiger partial charge >= 0.3 is 0 Å². The summed E-state index contributed by atoms with van der Waals surface area (Å²) < 4.78 is 29.1. The molecule has 140 valence electrons. The zero-order valence-corrected chi connectivity index (χ0v) is 16.2. The minimum atomic E-state index is -3.03. The summed E-state index contributed by atoms with van der Waals surface area (Å²) in [5.74, 6) is 0.0650. The van der Waals surface area contributed by atoms with Crippen molar-refractivity contribution in [3.63, 3.8) is 0 Å². The van der Waals surface area contributed by atoms with Crippen LogP contribution in [-0.2, 0) is 25.9 Å². The Morgan fingerprint density at radius 1 is 1.52 bits per heavy atom. The maximum Gasteiger partial charge on any atom is 0.234 e. The highest BCUT2D eigenvalue weighted by Gasteiger charge is 2.39. The molecule has 1 aromatic rings. The number of thiophene rings is 1. The highest BCUT2D eigenvalue weighted by molar-refractivity contribution is 7.91. The van der Waals surface area contributed by atoms with Crippen LogP contribution in [0, 0.1) is 0 Å². The number of carbonyl (C=O) groups is 1. The lowest BCUT2D eigenvalue weighted by molar-refractivity contribution is -0.124. The van der Waals surface area contributed by atoms with E-state index in [1.807, 2.05) is 18.4 Å². The molecule has 8 heteroatoms. The van der Waals surface area contributed by atoms with E-state index in [4.69, 9.17) is 4.74 Å². The third-order valence-corrected chi connectivity index (χ3v) is 7.52. The van der Waals surface area contributed by atoms with Gasteiger partial charge in [-0.3, -0.25) is 9.69 Å². The fourth-order valence-corrected chi connectivity index (χ4v) is 6.41. The van der Waals surface area contributed by atoms with E-state index in [1.165, 1.54) is 4.88 Å². The third-order valence-electron chi connectivity index (χ3n) is 4.76. The van der Waals surface area contributed by atoms with E-state index in [1.54, 1.807) is 11.3 Å². The van der Waals surface area contributed by atoms with Gasteiger partial charge in [-0.25, -0.2) is 8.42 Å². The molecule has 2 aliphatic heterocycles. The molecule has 3 heterocycles. The van der Waals surface area contributed by atoms with Gasteiger partial charge in [-0.2, -0.15) is 0 Å². The third kappa shape index (κ3) is 5.51. The van der Waals surface area contributed by atoms with Crippen LogP contribution < -0.4 is 5.32 Å². The molecule has 1 amide bonds. The largest absolute Gasteiger partial charge is 0.377 e. The quantitative estimate of drug-likeness (QED) is 0.767. The van der Waals surface area contributed by atoms with Crippen LogP contribution in [0.3, 0.4) is 0 Å². The van der Waals surface area contributed by atoms with Gasteiger partial charge in [0.1, 0.15) is 0 Å². The molecule has 2 saturated heterocycles. The number of amides is 1. The van der Waals surface area contributed by atoms with Crippen molar-refractivity contribution in [2.45, 2.75) is 44.4 Å². The smallest absolute Gasteiger partial charge is 0.234 e. The second-order valence-corrected chi connectivity index (χ2v) is 10.6. The Balaban J connectivity index is 1.59. The standard InChI is InChI=1S/C17H26N2O4S2/c1-17(6-9-25(21,22)13-17)18-16(20)12-19(10-14-4-2-7-23-14)11-15-5-3-8-24-15/h3,5,8,14H,2,4,6-7,9-13H2,1H3,(H,18,20)/t14-,17+/m0/s1. The topological polar surface area (TPSA) is 75.7 Å². The fraction of sp³-hybridized carbons (Fsp3) is 0.706. The first kappa shape index (κ1) is 18.8. The summed E-state index contributed by atoms with van der Waals surface area (Å²) in [6, 6.07) is 4.07. The van der Waals surface area contributed by atoms with Crippen LogP contribution in [0.2, 0.25) is 0 Å². The van der Waals surface area contributed by atoms with Crippen LogP contribution in [-0.4, -0.2) is 62.1 Å². The zero-order valence-electron chi connectivity index (χ0n) is 14.6. The van der Waals surface area contributed by atoms with Crippen molar-refractivity contribution in [1.82, 2.24) is 10.2 Å². The molecular formula is C17H26N2O4S2. The van der Waals surface area contributed by atoms with Gasteiger partial charge in [-0.15, -0.1) is 11.3 Å². The summed E-state index contributed by atoms with van der Waals surface area (Å²) in [6.07, 6.45) is 2.76. The molecule has 1 aromatic heterocycles. The summed E-state index contributed by atoms with van der Waals surface area (Å²) in [4.78, 5) is 15.9. The average Bonchev–Trinajstić information content (AvgIpc) is 3.22. The van der Waals surface area contributed by atoms with Crippen LogP contribution >= 0.6 is 11.3 Å². The average molecular weight is 387 g/mol. The van der Waals surface area contributed by atoms with Crippen molar-refractivity contribution in [2.75, 3.05) is 31.2 Å². The summed E-state index contributed by atoms with van der Waals surface area (Å²) >= 11 is 1.67. The summed E-state index contributed by atoms with van der Waals surface area (Å²) in [7, 11) is -3.03. The molecule has 2 atom stereocenters. The van der Waals surface area contributed by atoms with Gasteiger partial charge in [0.25, 0.3) is 0 Å². The van der Waals surface area contributed by atoms with Crippen molar-refractivity contribution < 1.29 is 17.9 Å². The first-order chi connectivity index (χ1) is 11.8. The Bertz CT molecular complexity index is 684. The zero-order chi connectivity index (χ0) is 17.9.